The van der Waals surface area contributed by atoms with Gasteiger partial charge in [0.15, 0.2) is 0 Å². The Morgan fingerprint density at radius 3 is 2.16 bits per heavy atom. The molecule has 1 fully saturated rings. The molecule has 0 bridgehead atoms. The van der Waals surface area contributed by atoms with Crippen molar-refractivity contribution in [2.75, 3.05) is 36.4 Å². The first-order valence-corrected chi connectivity index (χ1v) is 12.1. The third-order valence-corrected chi connectivity index (χ3v) is 6.25. The van der Waals surface area contributed by atoms with Crippen molar-refractivity contribution in [3.8, 4) is 0 Å². The van der Waals surface area contributed by atoms with Crippen LogP contribution in [0.2, 0.25) is 0 Å². The lowest BCUT2D eigenvalue weighted by Crippen LogP contribution is -2.48. The summed E-state index contributed by atoms with van der Waals surface area (Å²) in [7, 11) is 0. The van der Waals surface area contributed by atoms with Crippen molar-refractivity contribution in [1.82, 2.24) is 4.90 Å². The number of hydrogen-bond donors (Lipinski definition) is 1. The molecule has 3 rings (SSSR count). The number of unbranched alkanes of at least 4 members (excludes halogenated alkanes) is 4. The monoisotopic (exact) mass is 485 g/mol. The van der Waals surface area contributed by atoms with Gasteiger partial charge in [-0.1, -0.05) is 48.5 Å². The molecular formula is C25H32BrN3O2. The molecule has 166 valence electrons. The molecule has 2 aromatic carbocycles. The van der Waals surface area contributed by atoms with Gasteiger partial charge < -0.3 is 15.1 Å². The van der Waals surface area contributed by atoms with Gasteiger partial charge in [-0.3, -0.25) is 9.59 Å². The average Bonchev–Trinajstić information content (AvgIpc) is 2.80. The molecule has 0 spiro atoms. The van der Waals surface area contributed by atoms with Gasteiger partial charge in [-0.15, -0.1) is 0 Å². The molecule has 1 heterocycles. The predicted octanol–water partition coefficient (Wildman–Crippen LogP) is 5.71. The van der Waals surface area contributed by atoms with E-state index < -0.39 is 0 Å². The summed E-state index contributed by atoms with van der Waals surface area (Å²) in [5.41, 5.74) is 2.51. The first kappa shape index (κ1) is 23.3. The minimum atomic E-state index is -0.123. The molecule has 5 nitrogen and oxygen atoms in total. The number of nitrogens with one attached hydrogen (secondary N) is 1. The highest BCUT2D eigenvalue weighted by atomic mass is 79.9. The van der Waals surface area contributed by atoms with Gasteiger partial charge in [-0.05, 0) is 55.0 Å². The zero-order valence-corrected chi connectivity index (χ0v) is 19.9. The second-order valence-electron chi connectivity index (χ2n) is 8.04. The number of piperazine rings is 1. The van der Waals surface area contributed by atoms with Crippen LogP contribution in [0.15, 0.2) is 53.0 Å². The van der Waals surface area contributed by atoms with Crippen molar-refractivity contribution in [2.24, 2.45) is 0 Å². The summed E-state index contributed by atoms with van der Waals surface area (Å²) < 4.78 is 0.946. The van der Waals surface area contributed by atoms with Crippen LogP contribution in [0.4, 0.5) is 11.4 Å². The van der Waals surface area contributed by atoms with Crippen LogP contribution in [0.5, 0.6) is 0 Å². The summed E-state index contributed by atoms with van der Waals surface area (Å²) in [6.07, 6.45) is 6.57. The molecule has 2 amide bonds. The smallest absolute Gasteiger partial charge is 0.255 e. The Kier molecular flexibility index (Phi) is 8.95. The van der Waals surface area contributed by atoms with E-state index in [1.165, 1.54) is 19.3 Å². The fraction of sp³-hybridized carbons (Fsp3) is 0.440. The summed E-state index contributed by atoms with van der Waals surface area (Å²) in [4.78, 5) is 29.1. The Bertz CT molecular complexity index is 844. The van der Waals surface area contributed by atoms with E-state index in [9.17, 15) is 9.59 Å². The van der Waals surface area contributed by atoms with Crippen LogP contribution in [0, 0.1) is 0 Å². The molecular weight excluding hydrogens is 454 g/mol. The van der Waals surface area contributed by atoms with E-state index in [-0.39, 0.29) is 5.91 Å². The Morgan fingerprint density at radius 2 is 1.52 bits per heavy atom. The van der Waals surface area contributed by atoms with E-state index in [1.807, 2.05) is 41.3 Å². The molecule has 2 aromatic rings. The van der Waals surface area contributed by atoms with Gasteiger partial charge in [-0.2, -0.15) is 0 Å². The maximum atomic E-state index is 12.4. The standard InChI is InChI=1S/C25H32BrN3O2/c1-2-3-4-5-6-7-24(30)29-18-16-28(17-19-29)23-14-12-22(13-15-23)27-25(31)20-8-10-21(26)11-9-20/h8-15H,2-7,16-19H2,1H3,(H,27,31). The molecule has 0 saturated carbocycles. The van der Waals surface area contributed by atoms with Crippen molar-refractivity contribution in [3.63, 3.8) is 0 Å². The Morgan fingerprint density at radius 1 is 0.871 bits per heavy atom. The average molecular weight is 486 g/mol. The molecule has 31 heavy (non-hydrogen) atoms. The molecule has 0 aliphatic carbocycles. The van der Waals surface area contributed by atoms with Crippen LogP contribution >= 0.6 is 15.9 Å². The van der Waals surface area contributed by atoms with E-state index in [4.69, 9.17) is 0 Å². The molecule has 0 aromatic heterocycles. The highest BCUT2D eigenvalue weighted by molar-refractivity contribution is 9.10. The van der Waals surface area contributed by atoms with Gasteiger partial charge >= 0.3 is 0 Å². The normalized spacial score (nSPS) is 13.9. The van der Waals surface area contributed by atoms with Gasteiger partial charge in [-0.25, -0.2) is 0 Å². The summed E-state index contributed by atoms with van der Waals surface area (Å²) in [5.74, 6) is 0.171. The van der Waals surface area contributed by atoms with E-state index in [0.29, 0.717) is 17.9 Å². The van der Waals surface area contributed by atoms with E-state index in [1.54, 1.807) is 12.1 Å². The number of carbonyl (C=O) groups is 2. The minimum Gasteiger partial charge on any atom is -0.368 e. The highest BCUT2D eigenvalue weighted by Crippen LogP contribution is 2.21. The maximum absolute atomic E-state index is 12.4. The van der Waals surface area contributed by atoms with Crippen LogP contribution in [0.3, 0.4) is 0 Å². The Hall–Kier alpha value is -2.34. The predicted molar refractivity (Wildman–Crippen MR) is 131 cm³/mol. The topological polar surface area (TPSA) is 52.7 Å². The lowest BCUT2D eigenvalue weighted by Gasteiger charge is -2.36. The summed E-state index contributed by atoms with van der Waals surface area (Å²) in [6.45, 7) is 5.43. The zero-order valence-electron chi connectivity index (χ0n) is 18.3. The number of halogens is 1. The van der Waals surface area contributed by atoms with Gasteiger partial charge in [0.25, 0.3) is 5.91 Å². The Balaban J connectivity index is 1.44. The van der Waals surface area contributed by atoms with Crippen LogP contribution in [-0.2, 0) is 4.79 Å². The van der Waals surface area contributed by atoms with Crippen LogP contribution < -0.4 is 10.2 Å². The Labute approximate surface area is 193 Å². The van der Waals surface area contributed by atoms with E-state index in [2.05, 4.69) is 33.1 Å². The maximum Gasteiger partial charge on any atom is 0.255 e. The first-order valence-electron chi connectivity index (χ1n) is 11.3. The SMILES string of the molecule is CCCCCCCC(=O)N1CCN(c2ccc(NC(=O)c3ccc(Br)cc3)cc2)CC1. The molecule has 0 unspecified atom stereocenters. The molecule has 0 radical (unpaired) electrons. The molecule has 1 aliphatic heterocycles. The fourth-order valence-electron chi connectivity index (χ4n) is 3.81. The molecule has 1 N–H and O–H groups in total. The molecule has 6 heteroatoms. The van der Waals surface area contributed by atoms with Crippen molar-refractivity contribution >= 4 is 39.1 Å². The number of hydrogen-bond acceptors (Lipinski definition) is 3. The number of carbonyl (C=O) groups excluding carboxylic acids is 2. The zero-order chi connectivity index (χ0) is 22.1. The number of anilines is 2. The van der Waals surface area contributed by atoms with E-state index in [0.717, 1.165) is 54.9 Å². The van der Waals surface area contributed by atoms with Crippen molar-refractivity contribution in [2.45, 2.75) is 45.4 Å². The van der Waals surface area contributed by atoms with Crippen molar-refractivity contribution < 1.29 is 9.59 Å². The van der Waals surface area contributed by atoms with Gasteiger partial charge in [0.1, 0.15) is 0 Å². The number of nitrogens with zero attached hydrogens (tertiary/aromatic N) is 2. The van der Waals surface area contributed by atoms with Crippen LogP contribution in [-0.4, -0.2) is 42.9 Å². The lowest BCUT2D eigenvalue weighted by molar-refractivity contribution is -0.131. The summed E-state index contributed by atoms with van der Waals surface area (Å²) in [5, 5.41) is 2.94. The first-order chi connectivity index (χ1) is 15.1. The van der Waals surface area contributed by atoms with Crippen molar-refractivity contribution in [3.05, 3.63) is 58.6 Å². The largest absolute Gasteiger partial charge is 0.368 e. The number of benzene rings is 2. The van der Waals surface area contributed by atoms with Crippen LogP contribution in [0.1, 0.15) is 55.8 Å². The molecule has 1 aliphatic rings. The molecule has 1 saturated heterocycles. The van der Waals surface area contributed by atoms with Crippen LogP contribution in [0.25, 0.3) is 0 Å². The second kappa shape index (κ2) is 11.9. The molecule has 0 atom stereocenters. The quantitative estimate of drug-likeness (QED) is 0.462. The van der Waals surface area contributed by atoms with E-state index >= 15 is 0 Å². The van der Waals surface area contributed by atoms with Gasteiger partial charge in [0, 0.05) is 54.0 Å². The summed E-state index contributed by atoms with van der Waals surface area (Å²) >= 11 is 3.38. The lowest BCUT2D eigenvalue weighted by atomic mass is 10.1. The minimum absolute atomic E-state index is 0.123. The summed E-state index contributed by atoms with van der Waals surface area (Å²) in [6, 6.07) is 15.2. The number of rotatable bonds is 9. The van der Waals surface area contributed by atoms with Gasteiger partial charge in [0.2, 0.25) is 5.91 Å². The second-order valence-corrected chi connectivity index (χ2v) is 8.96. The number of amides is 2. The third-order valence-electron chi connectivity index (χ3n) is 5.72. The van der Waals surface area contributed by atoms with Crippen molar-refractivity contribution in [1.29, 1.82) is 0 Å². The third kappa shape index (κ3) is 7.10. The van der Waals surface area contributed by atoms with Gasteiger partial charge in [0.05, 0.1) is 0 Å². The fourth-order valence-corrected chi connectivity index (χ4v) is 4.08. The highest BCUT2D eigenvalue weighted by Gasteiger charge is 2.21.